The maximum atomic E-state index is 12.9. The first-order valence-corrected chi connectivity index (χ1v) is 11.9. The minimum absolute atomic E-state index is 0.183. The van der Waals surface area contributed by atoms with Crippen molar-refractivity contribution < 1.29 is 28.5 Å². The molecule has 0 saturated carbocycles. The lowest BCUT2D eigenvalue weighted by molar-refractivity contribution is -0.126. The van der Waals surface area contributed by atoms with Crippen LogP contribution in [0.1, 0.15) is 34.6 Å². The van der Waals surface area contributed by atoms with Crippen molar-refractivity contribution in [2.24, 2.45) is 10.2 Å². The third kappa shape index (κ3) is 7.73. The first-order valence-electron chi connectivity index (χ1n) is 11.2. The third-order valence-corrected chi connectivity index (χ3v) is 5.14. The number of azo groups is 1. The number of hydrogen-bond acceptors (Lipinski definition) is 8. The molecule has 0 aliphatic carbocycles. The Morgan fingerprint density at radius 1 is 0.829 bits per heavy atom. The molecule has 1 atom stereocenters. The van der Waals surface area contributed by atoms with Gasteiger partial charge in [-0.1, -0.05) is 23.2 Å². The van der Waals surface area contributed by atoms with E-state index in [9.17, 15) is 9.59 Å². The van der Waals surface area contributed by atoms with Crippen LogP contribution in [0.3, 0.4) is 0 Å². The molecule has 35 heavy (non-hydrogen) atoms. The van der Waals surface area contributed by atoms with Crippen LogP contribution in [0.25, 0.3) is 0 Å². The highest BCUT2D eigenvalue weighted by molar-refractivity contribution is 6.34. The Balaban J connectivity index is 2.36. The highest BCUT2D eigenvalue weighted by atomic mass is 35.5. The van der Waals surface area contributed by atoms with Gasteiger partial charge >= 0.3 is 0 Å². The Hall–Kier alpha value is -3.04. The number of Topliss-reactive ketones (excluding diaryl/α,β-unsaturated/α-hetero) is 1. The lowest BCUT2D eigenvalue weighted by Gasteiger charge is -2.15. The lowest BCUT2D eigenvalue weighted by atomic mass is 10.2. The number of nitrogens with zero attached hydrogens (tertiary/aromatic N) is 2. The van der Waals surface area contributed by atoms with Gasteiger partial charge in [-0.25, -0.2) is 0 Å². The molecular weight excluding hydrogens is 497 g/mol. The van der Waals surface area contributed by atoms with Gasteiger partial charge in [0.25, 0.3) is 5.91 Å². The van der Waals surface area contributed by atoms with Crippen molar-refractivity contribution in [2.45, 2.75) is 40.7 Å². The average Bonchev–Trinajstić information content (AvgIpc) is 2.80. The zero-order valence-corrected chi connectivity index (χ0v) is 21.8. The van der Waals surface area contributed by atoms with Crippen molar-refractivity contribution in [1.29, 1.82) is 0 Å². The van der Waals surface area contributed by atoms with Gasteiger partial charge in [-0.2, -0.15) is 10.2 Å². The summed E-state index contributed by atoms with van der Waals surface area (Å²) in [5, 5.41) is 11.1. The van der Waals surface area contributed by atoms with E-state index < -0.39 is 17.7 Å². The highest BCUT2D eigenvalue weighted by Crippen LogP contribution is 2.39. The van der Waals surface area contributed by atoms with Crippen LogP contribution < -0.4 is 24.3 Å². The van der Waals surface area contributed by atoms with Crippen molar-refractivity contribution in [3.63, 3.8) is 0 Å². The summed E-state index contributed by atoms with van der Waals surface area (Å²) in [6.07, 6.45) is 0. The van der Waals surface area contributed by atoms with E-state index >= 15 is 0 Å². The predicted molar refractivity (Wildman–Crippen MR) is 135 cm³/mol. The normalized spacial score (nSPS) is 11.7. The number of carbonyl (C=O) groups excluding carboxylic acids is 2. The van der Waals surface area contributed by atoms with E-state index in [0.29, 0.717) is 55.1 Å². The van der Waals surface area contributed by atoms with Gasteiger partial charge in [-0.15, -0.1) is 0 Å². The number of ether oxygens (including phenoxy) is 4. The van der Waals surface area contributed by atoms with Crippen LogP contribution in [-0.4, -0.2) is 44.2 Å². The minimum Gasteiger partial charge on any atom is -0.494 e. The Morgan fingerprint density at radius 2 is 1.34 bits per heavy atom. The van der Waals surface area contributed by atoms with Crippen molar-refractivity contribution in [2.75, 3.05) is 31.7 Å². The Labute approximate surface area is 214 Å². The van der Waals surface area contributed by atoms with Gasteiger partial charge in [-0.05, 0) is 34.6 Å². The average molecular weight is 526 g/mol. The molecule has 0 radical (unpaired) electrons. The zero-order chi connectivity index (χ0) is 26.0. The fourth-order valence-corrected chi connectivity index (χ4v) is 3.38. The predicted octanol–water partition coefficient (Wildman–Crippen LogP) is 6.27. The Morgan fingerprint density at radius 3 is 1.83 bits per heavy atom. The van der Waals surface area contributed by atoms with Gasteiger partial charge in [0.05, 0.1) is 26.4 Å². The molecule has 1 N–H and O–H groups in total. The Kier molecular flexibility index (Phi) is 11.1. The zero-order valence-electron chi connectivity index (χ0n) is 20.3. The van der Waals surface area contributed by atoms with Crippen LogP contribution in [0.2, 0.25) is 10.0 Å². The monoisotopic (exact) mass is 525 g/mol. The van der Waals surface area contributed by atoms with E-state index in [1.165, 1.54) is 19.1 Å². The molecular formula is C24H29Cl2N3O6. The third-order valence-electron chi connectivity index (χ3n) is 4.39. The van der Waals surface area contributed by atoms with Gasteiger partial charge < -0.3 is 24.3 Å². The highest BCUT2D eigenvalue weighted by Gasteiger charge is 2.25. The van der Waals surface area contributed by atoms with Crippen molar-refractivity contribution in [3.8, 4) is 23.0 Å². The summed E-state index contributed by atoms with van der Waals surface area (Å²) in [6.45, 7) is 9.99. The van der Waals surface area contributed by atoms with Gasteiger partial charge in [0.15, 0.2) is 5.78 Å². The standard InChI is InChI=1S/C24H29Cl2N3O6/c1-6-32-16-12-17(21(25)20(13-16)35-9-4)28-29-23(14(5)30)24(31)27-15-10-18(33-7-2)22(26)19(11-15)34-8-3/h10-13,23H,6-9H2,1-5H3,(H,27,31). The maximum absolute atomic E-state index is 12.9. The summed E-state index contributed by atoms with van der Waals surface area (Å²) in [6, 6.07) is 4.83. The molecule has 0 saturated heterocycles. The molecule has 0 spiro atoms. The number of amides is 1. The maximum Gasteiger partial charge on any atom is 0.258 e. The quantitative estimate of drug-likeness (QED) is 0.244. The number of nitrogens with one attached hydrogen (secondary N) is 1. The topological polar surface area (TPSA) is 108 Å². The molecule has 9 nitrogen and oxygen atoms in total. The van der Waals surface area contributed by atoms with E-state index in [1.54, 1.807) is 26.0 Å². The molecule has 0 aliphatic rings. The number of ketones is 1. The molecule has 2 aromatic carbocycles. The summed E-state index contributed by atoms with van der Waals surface area (Å²) in [5.41, 5.74) is 0.520. The molecule has 0 aliphatic heterocycles. The second-order valence-corrected chi connectivity index (χ2v) is 7.75. The molecule has 2 aromatic rings. The summed E-state index contributed by atoms with van der Waals surface area (Å²) in [4.78, 5) is 25.2. The van der Waals surface area contributed by atoms with Crippen molar-refractivity contribution in [3.05, 3.63) is 34.3 Å². The van der Waals surface area contributed by atoms with E-state index in [4.69, 9.17) is 42.1 Å². The van der Waals surface area contributed by atoms with Crippen LogP contribution in [0, 0.1) is 0 Å². The van der Waals surface area contributed by atoms with E-state index in [0.717, 1.165) is 0 Å². The van der Waals surface area contributed by atoms with Gasteiger partial charge in [0.2, 0.25) is 6.04 Å². The molecule has 0 aromatic heterocycles. The first kappa shape index (κ1) is 28.2. The van der Waals surface area contributed by atoms with E-state index in [-0.39, 0.29) is 15.7 Å². The van der Waals surface area contributed by atoms with E-state index in [2.05, 4.69) is 15.5 Å². The number of rotatable bonds is 13. The molecule has 1 unspecified atom stereocenters. The molecule has 190 valence electrons. The second kappa shape index (κ2) is 13.7. The Bertz CT molecular complexity index is 1050. The number of halogens is 2. The fraction of sp³-hybridized carbons (Fsp3) is 0.417. The van der Waals surface area contributed by atoms with Crippen molar-refractivity contribution >= 4 is 46.3 Å². The number of anilines is 1. The van der Waals surface area contributed by atoms with Crippen LogP contribution in [-0.2, 0) is 9.59 Å². The molecule has 0 bridgehead atoms. The van der Waals surface area contributed by atoms with Crippen LogP contribution in [0.4, 0.5) is 11.4 Å². The number of hydrogen-bond donors (Lipinski definition) is 1. The largest absolute Gasteiger partial charge is 0.494 e. The van der Waals surface area contributed by atoms with E-state index in [1.807, 2.05) is 13.8 Å². The smallest absolute Gasteiger partial charge is 0.258 e. The van der Waals surface area contributed by atoms with Gasteiger partial charge in [0, 0.05) is 30.0 Å². The molecule has 0 heterocycles. The molecule has 1 amide bonds. The summed E-state index contributed by atoms with van der Waals surface area (Å²) < 4.78 is 22.1. The first-order chi connectivity index (χ1) is 16.7. The number of benzene rings is 2. The second-order valence-electron chi connectivity index (χ2n) is 6.99. The van der Waals surface area contributed by atoms with Crippen molar-refractivity contribution in [1.82, 2.24) is 0 Å². The lowest BCUT2D eigenvalue weighted by Crippen LogP contribution is -2.31. The SMILES string of the molecule is CCOc1cc(N=NC(C(C)=O)C(=O)Nc2cc(OCC)c(Cl)c(OCC)c2)c(Cl)c(OCC)c1. The minimum atomic E-state index is -1.43. The van der Waals surface area contributed by atoms with Gasteiger partial charge in [0.1, 0.15) is 38.7 Å². The summed E-state index contributed by atoms with van der Waals surface area (Å²) >= 11 is 12.7. The molecule has 2 rings (SSSR count). The van der Waals surface area contributed by atoms with Crippen LogP contribution in [0.5, 0.6) is 23.0 Å². The number of carbonyl (C=O) groups is 2. The fourth-order valence-electron chi connectivity index (χ4n) is 2.96. The summed E-state index contributed by atoms with van der Waals surface area (Å²) in [5.74, 6) is 0.268. The van der Waals surface area contributed by atoms with Crippen LogP contribution in [0.15, 0.2) is 34.5 Å². The molecule has 11 heteroatoms. The van der Waals surface area contributed by atoms with Gasteiger partial charge in [-0.3, -0.25) is 9.59 Å². The molecule has 0 fully saturated rings. The summed E-state index contributed by atoms with van der Waals surface area (Å²) in [7, 11) is 0. The van der Waals surface area contributed by atoms with Crippen LogP contribution >= 0.6 is 23.2 Å².